The summed E-state index contributed by atoms with van der Waals surface area (Å²) >= 11 is 0. The van der Waals surface area contributed by atoms with Crippen LogP contribution in [0.25, 0.3) is 111 Å². The summed E-state index contributed by atoms with van der Waals surface area (Å²) in [6.45, 7) is 0. The van der Waals surface area contributed by atoms with E-state index in [1.807, 2.05) is 72.8 Å². The Hall–Kier alpha value is -7.76. The number of furan rings is 1. The zero-order chi connectivity index (χ0) is 37.7. The van der Waals surface area contributed by atoms with Crippen molar-refractivity contribution in [3.8, 4) is 67.7 Å². The maximum absolute atomic E-state index is 6.79. The first kappa shape index (κ1) is 32.7. The summed E-state index contributed by atoms with van der Waals surface area (Å²) in [6, 6.07) is 66.8. The third-order valence-electron chi connectivity index (χ3n) is 10.7. The van der Waals surface area contributed by atoms with E-state index in [0.29, 0.717) is 17.5 Å². The Morgan fingerprint density at radius 2 is 0.789 bits per heavy atom. The van der Waals surface area contributed by atoms with Gasteiger partial charge < -0.3 is 4.42 Å². The third-order valence-corrected chi connectivity index (χ3v) is 10.7. The van der Waals surface area contributed by atoms with Gasteiger partial charge in [-0.1, -0.05) is 176 Å². The standard InChI is InChI=1S/C52H32N4O/c1-4-13-36(14-5-1)48-42-31-32-43-46-40(20-12-22-45(46)57-49(43)47(42)41-19-10-11-21-44(41)53-48)35-27-23-33(24-28-35)34-25-29-39(30-26-34)52-55-50(37-15-6-2-7-16-37)54-51(56-52)38-17-8-3-9-18-38/h1-32H. The van der Waals surface area contributed by atoms with Crippen molar-refractivity contribution in [1.29, 1.82) is 0 Å². The summed E-state index contributed by atoms with van der Waals surface area (Å²) in [7, 11) is 0. The molecular formula is C52H32N4O. The molecule has 0 bridgehead atoms. The number of hydrogen-bond acceptors (Lipinski definition) is 5. The van der Waals surface area contributed by atoms with Gasteiger partial charge in [-0.2, -0.15) is 0 Å². The van der Waals surface area contributed by atoms with E-state index in [4.69, 9.17) is 24.4 Å². The molecule has 3 heterocycles. The quantitative estimate of drug-likeness (QED) is 0.160. The first-order chi connectivity index (χ1) is 28.2. The van der Waals surface area contributed by atoms with Crippen LogP contribution in [-0.4, -0.2) is 19.9 Å². The first-order valence-electron chi connectivity index (χ1n) is 19.1. The molecule has 57 heavy (non-hydrogen) atoms. The Bertz CT molecular complexity index is 3190. The van der Waals surface area contributed by atoms with Crippen LogP contribution in [0, 0.1) is 0 Å². The number of aromatic nitrogens is 4. The monoisotopic (exact) mass is 728 g/mol. The lowest BCUT2D eigenvalue weighted by Gasteiger charge is -2.11. The minimum Gasteiger partial charge on any atom is -0.455 e. The van der Waals surface area contributed by atoms with Crippen molar-refractivity contribution in [1.82, 2.24) is 19.9 Å². The van der Waals surface area contributed by atoms with Gasteiger partial charge in [-0.25, -0.2) is 19.9 Å². The smallest absolute Gasteiger partial charge is 0.164 e. The predicted octanol–water partition coefficient (Wildman–Crippen LogP) is 13.5. The molecule has 8 aromatic carbocycles. The average molecular weight is 729 g/mol. The lowest BCUT2D eigenvalue weighted by Crippen LogP contribution is -2.00. The van der Waals surface area contributed by atoms with Crippen LogP contribution in [-0.2, 0) is 0 Å². The molecule has 0 fully saturated rings. The molecule has 0 radical (unpaired) electrons. The lowest BCUT2D eigenvalue weighted by atomic mass is 9.94. The average Bonchev–Trinajstić information content (AvgIpc) is 3.69. The second-order valence-electron chi connectivity index (χ2n) is 14.2. The molecule has 0 aliphatic carbocycles. The Labute approximate surface area is 328 Å². The molecule has 0 spiro atoms. The van der Waals surface area contributed by atoms with Crippen LogP contribution < -0.4 is 0 Å². The molecule has 0 unspecified atom stereocenters. The minimum atomic E-state index is 0.637. The van der Waals surface area contributed by atoms with E-state index in [9.17, 15) is 0 Å². The maximum atomic E-state index is 6.79. The highest BCUT2D eigenvalue weighted by Crippen LogP contribution is 2.43. The molecule has 0 aliphatic rings. The van der Waals surface area contributed by atoms with Crippen LogP contribution in [0.5, 0.6) is 0 Å². The van der Waals surface area contributed by atoms with Crippen molar-refractivity contribution in [2.75, 3.05) is 0 Å². The van der Waals surface area contributed by atoms with Crippen molar-refractivity contribution < 1.29 is 4.42 Å². The highest BCUT2D eigenvalue weighted by molar-refractivity contribution is 6.26. The van der Waals surface area contributed by atoms with E-state index in [0.717, 1.165) is 93.8 Å². The van der Waals surface area contributed by atoms with Gasteiger partial charge in [0.05, 0.1) is 11.2 Å². The maximum Gasteiger partial charge on any atom is 0.164 e. The Morgan fingerprint density at radius 1 is 0.298 bits per heavy atom. The highest BCUT2D eigenvalue weighted by atomic mass is 16.3. The van der Waals surface area contributed by atoms with Crippen LogP contribution in [0.3, 0.4) is 0 Å². The van der Waals surface area contributed by atoms with Crippen LogP contribution in [0.15, 0.2) is 199 Å². The fourth-order valence-corrected chi connectivity index (χ4v) is 7.97. The van der Waals surface area contributed by atoms with Gasteiger partial charge in [0.25, 0.3) is 0 Å². The van der Waals surface area contributed by atoms with Gasteiger partial charge in [0.2, 0.25) is 0 Å². The third kappa shape index (κ3) is 5.72. The molecule has 5 nitrogen and oxygen atoms in total. The largest absolute Gasteiger partial charge is 0.455 e. The van der Waals surface area contributed by atoms with Gasteiger partial charge in [-0.05, 0) is 40.5 Å². The van der Waals surface area contributed by atoms with Crippen LogP contribution in [0.1, 0.15) is 0 Å². The van der Waals surface area contributed by atoms with Crippen LogP contribution >= 0.6 is 0 Å². The Morgan fingerprint density at radius 3 is 1.40 bits per heavy atom. The number of rotatable bonds is 6. The molecule has 0 N–H and O–H groups in total. The fraction of sp³-hybridized carbons (Fsp3) is 0. The first-order valence-corrected chi connectivity index (χ1v) is 19.1. The Kier molecular flexibility index (Phi) is 7.74. The zero-order valence-corrected chi connectivity index (χ0v) is 30.7. The van der Waals surface area contributed by atoms with E-state index in [1.54, 1.807) is 0 Å². The van der Waals surface area contributed by atoms with Crippen molar-refractivity contribution in [2.24, 2.45) is 0 Å². The van der Waals surface area contributed by atoms with Crippen molar-refractivity contribution in [3.63, 3.8) is 0 Å². The van der Waals surface area contributed by atoms with E-state index in [1.165, 1.54) is 0 Å². The molecule has 5 heteroatoms. The van der Waals surface area contributed by atoms with Gasteiger partial charge in [-0.15, -0.1) is 0 Å². The number of benzene rings is 8. The van der Waals surface area contributed by atoms with E-state index in [-0.39, 0.29) is 0 Å². The molecule has 11 rings (SSSR count). The topological polar surface area (TPSA) is 64.7 Å². The molecule has 0 saturated carbocycles. The number of para-hydroxylation sites is 1. The predicted molar refractivity (Wildman–Crippen MR) is 233 cm³/mol. The molecular weight excluding hydrogens is 697 g/mol. The second kappa shape index (κ2) is 13.5. The molecule has 11 aromatic rings. The summed E-state index contributed by atoms with van der Waals surface area (Å²) < 4.78 is 6.79. The number of nitrogens with zero attached hydrogens (tertiary/aromatic N) is 4. The van der Waals surface area contributed by atoms with Crippen molar-refractivity contribution in [2.45, 2.75) is 0 Å². The lowest BCUT2D eigenvalue weighted by molar-refractivity contribution is 0.673. The van der Waals surface area contributed by atoms with E-state index in [2.05, 4.69) is 121 Å². The van der Waals surface area contributed by atoms with Crippen molar-refractivity contribution >= 4 is 43.6 Å². The zero-order valence-electron chi connectivity index (χ0n) is 30.7. The molecule has 0 aliphatic heterocycles. The summed E-state index contributed by atoms with van der Waals surface area (Å²) in [4.78, 5) is 19.8. The van der Waals surface area contributed by atoms with Gasteiger partial charge in [-0.3, -0.25) is 0 Å². The van der Waals surface area contributed by atoms with E-state index >= 15 is 0 Å². The summed E-state index contributed by atoms with van der Waals surface area (Å²) in [5.74, 6) is 1.93. The normalized spacial score (nSPS) is 11.5. The number of hydrogen-bond donors (Lipinski definition) is 0. The molecule has 266 valence electrons. The summed E-state index contributed by atoms with van der Waals surface area (Å²) in [5.41, 5.74) is 12.0. The molecule has 3 aromatic heterocycles. The van der Waals surface area contributed by atoms with Gasteiger partial charge in [0, 0.05) is 49.2 Å². The van der Waals surface area contributed by atoms with Crippen LogP contribution in [0.4, 0.5) is 0 Å². The van der Waals surface area contributed by atoms with Gasteiger partial charge >= 0.3 is 0 Å². The number of pyridine rings is 1. The van der Waals surface area contributed by atoms with Gasteiger partial charge in [0.1, 0.15) is 11.2 Å². The number of fused-ring (bicyclic) bond motifs is 7. The van der Waals surface area contributed by atoms with E-state index < -0.39 is 0 Å². The highest BCUT2D eigenvalue weighted by Gasteiger charge is 2.19. The Balaban J connectivity index is 0.966. The van der Waals surface area contributed by atoms with Gasteiger partial charge in [0.15, 0.2) is 17.5 Å². The molecule has 0 atom stereocenters. The summed E-state index contributed by atoms with van der Waals surface area (Å²) in [6.07, 6.45) is 0. The minimum absolute atomic E-state index is 0.637. The van der Waals surface area contributed by atoms with Crippen LogP contribution in [0.2, 0.25) is 0 Å². The second-order valence-corrected chi connectivity index (χ2v) is 14.2. The molecule has 0 amide bonds. The SMILES string of the molecule is c1ccc(-c2nc(-c3ccccc3)nc(-c3ccc(-c4ccc(-c5cccc6oc7c(ccc8c(-c9ccccc9)nc9ccccc9c87)c56)cc4)cc3)n2)cc1. The van der Waals surface area contributed by atoms with Crippen molar-refractivity contribution in [3.05, 3.63) is 194 Å². The summed E-state index contributed by atoms with van der Waals surface area (Å²) in [5, 5.41) is 5.44. The fourth-order valence-electron chi connectivity index (χ4n) is 7.97. The molecule has 0 saturated heterocycles.